The number of esters is 1. The van der Waals surface area contributed by atoms with Gasteiger partial charge in [-0.2, -0.15) is 10.3 Å². The SMILES string of the molecule is CC(C)OC(=O)C(C)NP(=O)(OCC1OC(C#N)(n2ccc(=O)[nH]c2=O)C(O)C1O)Oc1ccccc1. The minimum Gasteiger partial charge on any atom is -0.462 e. The van der Waals surface area contributed by atoms with Crippen molar-refractivity contribution in [1.82, 2.24) is 14.6 Å². The van der Waals surface area contributed by atoms with Gasteiger partial charge in [0.2, 0.25) is 0 Å². The fourth-order valence-electron chi connectivity index (χ4n) is 3.47. The zero-order valence-corrected chi connectivity index (χ0v) is 21.0. The van der Waals surface area contributed by atoms with Crippen LogP contribution in [0.4, 0.5) is 0 Å². The van der Waals surface area contributed by atoms with Gasteiger partial charge in [0.15, 0.2) is 0 Å². The van der Waals surface area contributed by atoms with Gasteiger partial charge in [-0.3, -0.25) is 23.7 Å². The predicted molar refractivity (Wildman–Crippen MR) is 126 cm³/mol. The molecular formula is C22H27N4O10P. The van der Waals surface area contributed by atoms with Crippen molar-refractivity contribution in [2.45, 2.75) is 57.0 Å². The van der Waals surface area contributed by atoms with Gasteiger partial charge >= 0.3 is 19.4 Å². The lowest BCUT2D eigenvalue weighted by Crippen LogP contribution is -2.50. The molecule has 1 aromatic heterocycles. The molecule has 0 saturated carbocycles. The number of H-pyrrole nitrogens is 1. The van der Waals surface area contributed by atoms with E-state index in [4.69, 9.17) is 18.5 Å². The van der Waals surface area contributed by atoms with Gasteiger partial charge in [-0.05, 0) is 32.9 Å². The molecule has 1 fully saturated rings. The summed E-state index contributed by atoms with van der Waals surface area (Å²) >= 11 is 0. The van der Waals surface area contributed by atoms with Crippen molar-refractivity contribution in [2.24, 2.45) is 0 Å². The van der Waals surface area contributed by atoms with Crippen molar-refractivity contribution in [2.75, 3.05) is 6.61 Å². The molecule has 2 heterocycles. The Morgan fingerprint density at radius 2 is 1.95 bits per heavy atom. The van der Waals surface area contributed by atoms with E-state index in [2.05, 4.69) is 5.09 Å². The number of aromatic amines is 1. The van der Waals surface area contributed by atoms with Gasteiger partial charge in [0.05, 0.1) is 12.7 Å². The summed E-state index contributed by atoms with van der Waals surface area (Å²) in [4.78, 5) is 37.9. The van der Waals surface area contributed by atoms with Gasteiger partial charge in [-0.15, -0.1) is 0 Å². The molecule has 4 N–H and O–H groups in total. The number of hydrogen-bond donors (Lipinski definition) is 4. The molecule has 37 heavy (non-hydrogen) atoms. The van der Waals surface area contributed by atoms with Gasteiger partial charge in [0.25, 0.3) is 11.3 Å². The zero-order valence-electron chi connectivity index (χ0n) is 20.1. The number of nitrogens with zero attached hydrogens (tertiary/aromatic N) is 2. The standard InChI is InChI=1S/C22H27N4O10P/c1-13(2)34-20(30)14(3)25-37(32,36-15-7-5-4-6-8-15)33-11-16-18(28)19(29)22(12-23,35-16)26-10-9-17(27)24-21(26)31/h4-10,13-14,16,18-19,28-29H,11H2,1-3H3,(H,25,32)(H,24,27,31). The highest BCUT2D eigenvalue weighted by molar-refractivity contribution is 7.52. The summed E-state index contributed by atoms with van der Waals surface area (Å²) in [6, 6.07) is 9.32. The Morgan fingerprint density at radius 3 is 2.54 bits per heavy atom. The molecule has 200 valence electrons. The highest BCUT2D eigenvalue weighted by atomic mass is 31.2. The van der Waals surface area contributed by atoms with Crippen LogP contribution in [0, 0.1) is 11.3 Å². The predicted octanol–water partition coefficient (Wildman–Crippen LogP) is -0.0330. The normalized spacial score (nSPS) is 25.7. The molecule has 1 aromatic carbocycles. The van der Waals surface area contributed by atoms with E-state index in [1.165, 1.54) is 19.1 Å². The number of nitriles is 1. The number of carbonyl (C=O) groups is 1. The molecule has 0 radical (unpaired) electrons. The molecule has 2 aromatic rings. The maximum atomic E-state index is 13.6. The van der Waals surface area contributed by atoms with Gasteiger partial charge in [0, 0.05) is 12.3 Å². The molecule has 3 rings (SSSR count). The lowest BCUT2D eigenvalue weighted by molar-refractivity contribution is -0.149. The second-order valence-corrected chi connectivity index (χ2v) is 10.1. The molecule has 0 bridgehead atoms. The fraction of sp³-hybridized carbons (Fsp3) is 0.455. The largest absolute Gasteiger partial charge is 0.462 e. The lowest BCUT2D eigenvalue weighted by atomic mass is 10.0. The molecule has 1 saturated heterocycles. The number of aliphatic hydroxyl groups is 2. The Balaban J connectivity index is 1.84. The number of aromatic nitrogens is 2. The number of ether oxygens (including phenoxy) is 2. The van der Waals surface area contributed by atoms with Crippen LogP contribution in [0.2, 0.25) is 0 Å². The molecule has 1 aliphatic rings. The number of para-hydroxylation sites is 1. The van der Waals surface area contributed by atoms with E-state index in [-0.39, 0.29) is 5.75 Å². The molecule has 14 nitrogen and oxygen atoms in total. The maximum absolute atomic E-state index is 13.6. The van der Waals surface area contributed by atoms with Crippen LogP contribution in [0.25, 0.3) is 0 Å². The number of hydrogen-bond acceptors (Lipinski definition) is 11. The zero-order chi connectivity index (χ0) is 27.4. The minimum atomic E-state index is -4.35. The van der Waals surface area contributed by atoms with Crippen molar-refractivity contribution in [3.63, 3.8) is 0 Å². The average molecular weight is 538 g/mol. The maximum Gasteiger partial charge on any atom is 0.459 e. The van der Waals surface area contributed by atoms with Gasteiger partial charge in [-0.1, -0.05) is 18.2 Å². The third-order valence-electron chi connectivity index (χ3n) is 5.21. The molecule has 6 unspecified atom stereocenters. The number of carbonyl (C=O) groups excluding carboxylic acids is 1. The van der Waals surface area contributed by atoms with E-state index < -0.39 is 67.8 Å². The Bertz CT molecular complexity index is 1310. The first kappa shape index (κ1) is 28.3. The van der Waals surface area contributed by atoms with Crippen molar-refractivity contribution in [1.29, 1.82) is 5.26 Å². The highest BCUT2D eigenvalue weighted by Crippen LogP contribution is 2.46. The van der Waals surface area contributed by atoms with Crippen molar-refractivity contribution >= 4 is 13.7 Å². The van der Waals surface area contributed by atoms with Gasteiger partial charge in [0.1, 0.15) is 36.2 Å². The van der Waals surface area contributed by atoms with E-state index in [1.807, 2.05) is 4.98 Å². The number of nitrogens with one attached hydrogen (secondary N) is 2. The smallest absolute Gasteiger partial charge is 0.459 e. The Hall–Kier alpha value is -3.31. The second-order valence-electron chi connectivity index (χ2n) is 8.41. The summed E-state index contributed by atoms with van der Waals surface area (Å²) < 4.78 is 35.8. The molecule has 15 heteroatoms. The van der Waals surface area contributed by atoms with E-state index >= 15 is 0 Å². The van der Waals surface area contributed by atoms with Gasteiger partial charge in [-0.25, -0.2) is 9.36 Å². The molecule has 0 aliphatic carbocycles. The average Bonchev–Trinajstić information content (AvgIpc) is 3.08. The summed E-state index contributed by atoms with van der Waals surface area (Å²) in [7, 11) is -4.35. The Morgan fingerprint density at radius 1 is 1.27 bits per heavy atom. The minimum absolute atomic E-state index is 0.127. The van der Waals surface area contributed by atoms with Crippen molar-refractivity contribution in [3.8, 4) is 11.8 Å². The molecule has 0 spiro atoms. The topological polar surface area (TPSA) is 202 Å². The van der Waals surface area contributed by atoms with Crippen LogP contribution in [-0.4, -0.2) is 62.8 Å². The van der Waals surface area contributed by atoms with Crippen LogP contribution in [0.15, 0.2) is 52.2 Å². The number of rotatable bonds is 10. The quantitative estimate of drug-likeness (QED) is 0.233. The lowest BCUT2D eigenvalue weighted by Gasteiger charge is -2.26. The number of aliphatic hydroxyl groups excluding tert-OH is 2. The third-order valence-corrected chi connectivity index (χ3v) is 6.86. The fourth-order valence-corrected chi connectivity index (χ4v) is 4.97. The molecule has 0 amide bonds. The second kappa shape index (κ2) is 11.4. The van der Waals surface area contributed by atoms with Crippen LogP contribution >= 0.6 is 7.75 Å². The van der Waals surface area contributed by atoms with Crippen molar-refractivity contribution < 1.29 is 38.1 Å². The molecule has 1 aliphatic heterocycles. The van der Waals surface area contributed by atoms with E-state index in [9.17, 15) is 34.4 Å². The highest BCUT2D eigenvalue weighted by Gasteiger charge is 2.57. The summed E-state index contributed by atoms with van der Waals surface area (Å²) in [5, 5.41) is 33.4. The van der Waals surface area contributed by atoms with Gasteiger partial charge < -0.3 is 24.2 Å². The van der Waals surface area contributed by atoms with Crippen molar-refractivity contribution in [3.05, 3.63) is 63.4 Å². The van der Waals surface area contributed by atoms with Crippen LogP contribution < -0.4 is 20.9 Å². The first-order valence-corrected chi connectivity index (χ1v) is 12.7. The number of benzene rings is 1. The summed E-state index contributed by atoms with van der Waals surface area (Å²) in [5.41, 5.74) is -4.25. The van der Waals surface area contributed by atoms with Crippen LogP contribution in [0.1, 0.15) is 20.8 Å². The van der Waals surface area contributed by atoms with E-state index in [1.54, 1.807) is 38.1 Å². The van der Waals surface area contributed by atoms with Crippen LogP contribution in [0.3, 0.4) is 0 Å². The molecule has 6 atom stereocenters. The third kappa shape index (κ3) is 6.34. The first-order chi connectivity index (χ1) is 17.4. The van der Waals surface area contributed by atoms with E-state index in [0.717, 1.165) is 12.3 Å². The van der Waals surface area contributed by atoms with Crippen LogP contribution in [-0.2, 0) is 29.1 Å². The summed E-state index contributed by atoms with van der Waals surface area (Å²) in [6.45, 7) is 3.95. The Kier molecular flexibility index (Phi) is 8.70. The Labute approximate surface area is 211 Å². The molecular weight excluding hydrogens is 511 g/mol. The monoisotopic (exact) mass is 538 g/mol. The summed E-state index contributed by atoms with van der Waals surface area (Å²) in [5.74, 6) is -0.606. The van der Waals surface area contributed by atoms with E-state index in [0.29, 0.717) is 4.57 Å². The first-order valence-electron chi connectivity index (χ1n) is 11.2. The van der Waals surface area contributed by atoms with Crippen LogP contribution in [0.5, 0.6) is 5.75 Å². The summed E-state index contributed by atoms with van der Waals surface area (Å²) in [6.07, 6.45) is -4.74.